The number of aryl methyl sites for hydroxylation is 2. The maximum absolute atomic E-state index is 11.6. The van der Waals surface area contributed by atoms with E-state index in [1.807, 2.05) is 26.0 Å². The van der Waals surface area contributed by atoms with Gasteiger partial charge in [0.25, 0.3) is 5.91 Å². The number of aliphatic hydroxyl groups is 1. The van der Waals surface area contributed by atoms with Crippen molar-refractivity contribution in [2.75, 3.05) is 5.32 Å². The predicted octanol–water partition coefficient (Wildman–Crippen LogP) is 2.80. The molecule has 1 amide bonds. The van der Waals surface area contributed by atoms with Gasteiger partial charge in [-0.2, -0.15) is 0 Å². The molecular formula is C12H14N2O3. The summed E-state index contributed by atoms with van der Waals surface area (Å²) in [6.45, 7) is 5.01. The summed E-state index contributed by atoms with van der Waals surface area (Å²) >= 11 is 0. The average Bonchev–Trinajstić information content (AvgIpc) is 2.22. The van der Waals surface area contributed by atoms with Crippen molar-refractivity contribution >= 4 is 11.6 Å². The molecule has 0 saturated carbocycles. The minimum atomic E-state index is -0.716. The fraction of sp³-hybridized carbons (Fsp3) is 0.250. The van der Waals surface area contributed by atoms with E-state index in [1.165, 1.54) is 6.92 Å². The molecule has 0 aliphatic carbocycles. The summed E-state index contributed by atoms with van der Waals surface area (Å²) in [6, 6.07) is 5.48. The summed E-state index contributed by atoms with van der Waals surface area (Å²) in [6.07, 6.45) is 0. The third kappa shape index (κ3) is 3.14. The van der Waals surface area contributed by atoms with Crippen LogP contribution in [0.25, 0.3) is 0 Å². The first kappa shape index (κ1) is 12.9. The average molecular weight is 234 g/mol. The van der Waals surface area contributed by atoms with Gasteiger partial charge >= 0.3 is 0 Å². The quantitative estimate of drug-likeness (QED) is 0.479. The van der Waals surface area contributed by atoms with Crippen molar-refractivity contribution in [1.82, 2.24) is 0 Å². The van der Waals surface area contributed by atoms with Gasteiger partial charge in [0.05, 0.1) is 0 Å². The van der Waals surface area contributed by atoms with Crippen LogP contribution >= 0.6 is 0 Å². The van der Waals surface area contributed by atoms with Gasteiger partial charge < -0.3 is 10.4 Å². The van der Waals surface area contributed by atoms with Crippen LogP contribution in [0.5, 0.6) is 0 Å². The van der Waals surface area contributed by atoms with Crippen LogP contribution in [0.15, 0.2) is 34.8 Å². The largest absolute Gasteiger partial charge is 0.510 e. The smallest absolute Gasteiger partial charge is 0.281 e. The first-order chi connectivity index (χ1) is 7.95. The van der Waals surface area contributed by atoms with E-state index in [0.29, 0.717) is 5.69 Å². The van der Waals surface area contributed by atoms with Crippen molar-refractivity contribution in [3.8, 4) is 0 Å². The number of hydrogen-bond donors (Lipinski definition) is 2. The molecule has 90 valence electrons. The number of rotatable bonds is 3. The zero-order valence-electron chi connectivity index (χ0n) is 9.94. The lowest BCUT2D eigenvalue weighted by Crippen LogP contribution is -2.15. The minimum Gasteiger partial charge on any atom is -0.510 e. The number of benzene rings is 1. The molecule has 0 aromatic heterocycles. The van der Waals surface area contributed by atoms with Gasteiger partial charge in [-0.25, -0.2) is 0 Å². The Labute approximate surface area is 99.1 Å². The first-order valence-corrected chi connectivity index (χ1v) is 5.07. The molecule has 5 nitrogen and oxygen atoms in total. The van der Waals surface area contributed by atoms with E-state index >= 15 is 0 Å². The number of hydrogen-bond acceptors (Lipinski definition) is 4. The van der Waals surface area contributed by atoms with E-state index in [0.717, 1.165) is 11.1 Å². The lowest BCUT2D eigenvalue weighted by molar-refractivity contribution is -0.113. The molecule has 0 unspecified atom stereocenters. The summed E-state index contributed by atoms with van der Waals surface area (Å²) in [4.78, 5) is 22.0. The van der Waals surface area contributed by atoms with Crippen molar-refractivity contribution in [3.05, 3.63) is 45.7 Å². The maximum Gasteiger partial charge on any atom is 0.281 e. The van der Waals surface area contributed by atoms with Crippen LogP contribution in [0.4, 0.5) is 5.69 Å². The van der Waals surface area contributed by atoms with Gasteiger partial charge in [0.2, 0.25) is 5.70 Å². The van der Waals surface area contributed by atoms with Crippen molar-refractivity contribution in [1.29, 1.82) is 0 Å². The molecule has 0 spiro atoms. The highest BCUT2D eigenvalue weighted by Crippen LogP contribution is 2.17. The van der Waals surface area contributed by atoms with Crippen LogP contribution in [0, 0.1) is 18.8 Å². The van der Waals surface area contributed by atoms with Crippen LogP contribution in [0.3, 0.4) is 0 Å². The molecule has 0 radical (unpaired) electrons. The van der Waals surface area contributed by atoms with Gasteiger partial charge in [0.15, 0.2) is 0 Å². The van der Waals surface area contributed by atoms with E-state index in [2.05, 4.69) is 10.5 Å². The van der Waals surface area contributed by atoms with Gasteiger partial charge in [-0.1, -0.05) is 17.7 Å². The number of nitroso groups, excluding NO2 is 1. The normalized spacial score (nSPS) is 11.7. The zero-order chi connectivity index (χ0) is 13.0. The zero-order valence-corrected chi connectivity index (χ0v) is 9.94. The Morgan fingerprint density at radius 1 is 1.35 bits per heavy atom. The number of nitrogens with zero attached hydrogens (tertiary/aromatic N) is 1. The summed E-state index contributed by atoms with van der Waals surface area (Å²) < 4.78 is 0. The Morgan fingerprint density at radius 2 is 2.00 bits per heavy atom. The second-order valence-corrected chi connectivity index (χ2v) is 3.80. The van der Waals surface area contributed by atoms with Crippen LogP contribution in [-0.2, 0) is 4.79 Å². The van der Waals surface area contributed by atoms with Crippen molar-refractivity contribution in [2.45, 2.75) is 20.8 Å². The maximum atomic E-state index is 11.6. The predicted molar refractivity (Wildman–Crippen MR) is 65.7 cm³/mol. The first-order valence-electron chi connectivity index (χ1n) is 5.07. The standard InChI is InChI=1S/C12H14N2O3/c1-7-4-5-10(8(2)6-7)13-12(16)11(14-17)9(3)15/h4-6,15H,1-3H3,(H,13,16)/b11-9-. The van der Waals surface area contributed by atoms with Gasteiger partial charge in [-0.15, -0.1) is 4.91 Å². The summed E-state index contributed by atoms with van der Waals surface area (Å²) in [7, 11) is 0. The van der Waals surface area contributed by atoms with E-state index in [-0.39, 0.29) is 0 Å². The molecule has 2 N–H and O–H groups in total. The number of carbonyl (C=O) groups is 1. The van der Waals surface area contributed by atoms with Gasteiger partial charge in [0, 0.05) is 5.69 Å². The number of anilines is 1. The second-order valence-electron chi connectivity index (χ2n) is 3.80. The second kappa shape index (κ2) is 5.25. The highest BCUT2D eigenvalue weighted by atomic mass is 16.3. The molecular weight excluding hydrogens is 220 g/mol. The Kier molecular flexibility index (Phi) is 3.98. The fourth-order valence-corrected chi connectivity index (χ4v) is 1.41. The topological polar surface area (TPSA) is 78.8 Å². The van der Waals surface area contributed by atoms with E-state index in [4.69, 9.17) is 5.11 Å². The molecule has 0 aliphatic heterocycles. The van der Waals surface area contributed by atoms with Crippen molar-refractivity contribution < 1.29 is 9.90 Å². The number of carbonyl (C=O) groups excluding carboxylic acids is 1. The fourth-order valence-electron chi connectivity index (χ4n) is 1.41. The van der Waals surface area contributed by atoms with E-state index in [1.54, 1.807) is 6.07 Å². The Morgan fingerprint density at radius 3 is 2.47 bits per heavy atom. The monoisotopic (exact) mass is 234 g/mol. The summed E-state index contributed by atoms with van der Waals surface area (Å²) in [5, 5.41) is 14.1. The van der Waals surface area contributed by atoms with Gasteiger partial charge in [0.1, 0.15) is 5.76 Å². The highest BCUT2D eigenvalue weighted by molar-refractivity contribution is 6.04. The molecule has 5 heteroatoms. The number of allylic oxidation sites excluding steroid dienone is 1. The molecule has 0 saturated heterocycles. The lowest BCUT2D eigenvalue weighted by atomic mass is 10.1. The van der Waals surface area contributed by atoms with Gasteiger partial charge in [-0.3, -0.25) is 4.79 Å². The minimum absolute atomic E-state index is 0.401. The summed E-state index contributed by atoms with van der Waals surface area (Å²) in [5.41, 5.74) is 2.02. The number of amides is 1. The molecule has 0 atom stereocenters. The highest BCUT2D eigenvalue weighted by Gasteiger charge is 2.14. The third-order valence-corrected chi connectivity index (χ3v) is 2.28. The van der Waals surface area contributed by atoms with Crippen LogP contribution < -0.4 is 5.32 Å². The van der Waals surface area contributed by atoms with E-state index < -0.39 is 17.4 Å². The lowest BCUT2D eigenvalue weighted by Gasteiger charge is -2.08. The Hall–Kier alpha value is -2.17. The van der Waals surface area contributed by atoms with E-state index in [9.17, 15) is 9.70 Å². The molecule has 0 fully saturated rings. The van der Waals surface area contributed by atoms with Crippen molar-refractivity contribution in [2.24, 2.45) is 5.18 Å². The molecule has 0 bridgehead atoms. The molecule has 0 heterocycles. The van der Waals surface area contributed by atoms with Crippen LogP contribution in [-0.4, -0.2) is 11.0 Å². The molecule has 1 rings (SSSR count). The summed E-state index contributed by atoms with van der Waals surface area (Å²) in [5.74, 6) is -1.12. The molecule has 1 aromatic rings. The molecule has 1 aromatic carbocycles. The molecule has 0 aliphatic rings. The van der Waals surface area contributed by atoms with Crippen molar-refractivity contribution in [3.63, 3.8) is 0 Å². The Bertz CT molecular complexity index is 489. The van der Waals surface area contributed by atoms with Crippen LogP contribution in [0.2, 0.25) is 0 Å². The number of aliphatic hydroxyl groups excluding tert-OH is 1. The number of nitrogens with one attached hydrogen (secondary N) is 1. The van der Waals surface area contributed by atoms with Gasteiger partial charge in [-0.05, 0) is 37.6 Å². The Balaban J connectivity index is 2.96. The van der Waals surface area contributed by atoms with Crippen LogP contribution in [0.1, 0.15) is 18.1 Å². The SMILES string of the molecule is C/C(O)=C(/N=O)C(=O)Nc1ccc(C)cc1C. The third-order valence-electron chi connectivity index (χ3n) is 2.28. The molecule has 17 heavy (non-hydrogen) atoms.